The fourth-order valence-corrected chi connectivity index (χ4v) is 3.03. The third-order valence-corrected chi connectivity index (χ3v) is 4.31. The molecule has 0 bridgehead atoms. The quantitative estimate of drug-likeness (QED) is 0.934. The summed E-state index contributed by atoms with van der Waals surface area (Å²) < 4.78 is 0. The first-order valence-corrected chi connectivity index (χ1v) is 8.21. The summed E-state index contributed by atoms with van der Waals surface area (Å²) in [5.74, 6) is 1.91. The fourth-order valence-electron chi connectivity index (χ4n) is 3.03. The van der Waals surface area contributed by atoms with E-state index in [-0.39, 0.29) is 0 Å². The zero-order valence-corrected chi connectivity index (χ0v) is 14.0. The van der Waals surface area contributed by atoms with E-state index in [2.05, 4.69) is 50.1 Å². The van der Waals surface area contributed by atoms with Gasteiger partial charge in [-0.2, -0.15) is 0 Å². The second-order valence-electron chi connectivity index (χ2n) is 6.20. The third kappa shape index (κ3) is 4.06. The number of benzene rings is 1. The van der Waals surface area contributed by atoms with E-state index >= 15 is 0 Å². The van der Waals surface area contributed by atoms with Gasteiger partial charge in [-0.3, -0.25) is 4.90 Å². The summed E-state index contributed by atoms with van der Waals surface area (Å²) in [6.07, 6.45) is 0. The van der Waals surface area contributed by atoms with Crippen LogP contribution in [0.5, 0.6) is 0 Å². The Morgan fingerprint density at radius 3 is 2.22 bits per heavy atom. The molecule has 0 unspecified atom stereocenters. The Bertz CT molecular complexity index is 625. The monoisotopic (exact) mass is 311 g/mol. The Hall–Kier alpha value is -1.98. The molecule has 5 nitrogen and oxygen atoms in total. The summed E-state index contributed by atoms with van der Waals surface area (Å²) in [5, 5.41) is 0. The minimum Gasteiger partial charge on any atom is -0.354 e. The van der Waals surface area contributed by atoms with Crippen LogP contribution < -0.4 is 10.6 Å². The van der Waals surface area contributed by atoms with Crippen molar-refractivity contribution < 1.29 is 0 Å². The molecule has 0 saturated carbocycles. The van der Waals surface area contributed by atoms with E-state index in [9.17, 15) is 0 Å². The Labute approximate surface area is 138 Å². The predicted molar refractivity (Wildman–Crippen MR) is 93.3 cm³/mol. The molecule has 1 aromatic heterocycles. The van der Waals surface area contributed by atoms with Crippen LogP contribution in [0, 0.1) is 13.8 Å². The van der Waals surface area contributed by atoms with Gasteiger partial charge in [0, 0.05) is 51.0 Å². The lowest BCUT2D eigenvalue weighted by Gasteiger charge is -2.35. The summed E-state index contributed by atoms with van der Waals surface area (Å²) in [5.41, 5.74) is 9.23. The second kappa shape index (κ2) is 7.06. The van der Waals surface area contributed by atoms with Crippen LogP contribution in [0.2, 0.25) is 0 Å². The molecule has 1 aromatic carbocycles. The highest BCUT2D eigenvalue weighted by atomic mass is 15.3. The second-order valence-corrected chi connectivity index (χ2v) is 6.20. The molecule has 5 heteroatoms. The molecule has 23 heavy (non-hydrogen) atoms. The van der Waals surface area contributed by atoms with E-state index in [0.717, 1.165) is 50.1 Å². The molecule has 1 saturated heterocycles. The number of nitrogens with zero attached hydrogens (tertiary/aromatic N) is 4. The van der Waals surface area contributed by atoms with Gasteiger partial charge in [-0.15, -0.1) is 0 Å². The summed E-state index contributed by atoms with van der Waals surface area (Å²) in [4.78, 5) is 13.8. The average Bonchev–Trinajstić information content (AvgIpc) is 2.55. The van der Waals surface area contributed by atoms with Gasteiger partial charge in [0.25, 0.3) is 0 Å². The normalized spacial score (nSPS) is 15.9. The minimum atomic E-state index is 0.608. The van der Waals surface area contributed by atoms with Crippen LogP contribution in [-0.4, -0.2) is 41.0 Å². The number of hydrogen-bond donors (Lipinski definition) is 1. The number of anilines is 1. The van der Waals surface area contributed by atoms with Gasteiger partial charge < -0.3 is 10.6 Å². The van der Waals surface area contributed by atoms with Crippen LogP contribution in [0.15, 0.2) is 30.3 Å². The van der Waals surface area contributed by atoms with Crippen LogP contribution in [0.4, 0.5) is 5.82 Å². The first-order valence-electron chi connectivity index (χ1n) is 8.21. The average molecular weight is 311 g/mol. The highest BCUT2D eigenvalue weighted by molar-refractivity contribution is 5.40. The van der Waals surface area contributed by atoms with Crippen LogP contribution in [0.1, 0.15) is 22.6 Å². The van der Waals surface area contributed by atoms with Crippen LogP contribution in [-0.2, 0) is 13.1 Å². The number of hydrogen-bond acceptors (Lipinski definition) is 5. The van der Waals surface area contributed by atoms with E-state index in [1.165, 1.54) is 11.1 Å². The zero-order chi connectivity index (χ0) is 16.2. The molecular formula is C18H25N5. The number of rotatable bonds is 4. The molecule has 0 amide bonds. The minimum absolute atomic E-state index is 0.608. The molecule has 2 N–H and O–H groups in total. The maximum Gasteiger partial charge on any atom is 0.132 e. The van der Waals surface area contributed by atoms with E-state index in [1.54, 1.807) is 0 Å². The standard InChI is InChI=1S/C18H25N5/c1-14-11-18(21-15(2)20-14)23-9-7-22(8-10-23)13-17-5-3-16(12-19)4-6-17/h3-6,11H,7-10,12-13,19H2,1-2H3. The summed E-state index contributed by atoms with van der Waals surface area (Å²) in [6.45, 7) is 9.73. The molecule has 122 valence electrons. The number of piperazine rings is 1. The summed E-state index contributed by atoms with van der Waals surface area (Å²) in [6, 6.07) is 10.7. The number of aryl methyl sites for hydroxylation is 2. The van der Waals surface area contributed by atoms with Gasteiger partial charge in [0.05, 0.1) is 0 Å². The van der Waals surface area contributed by atoms with Crippen molar-refractivity contribution in [1.29, 1.82) is 0 Å². The number of nitrogens with two attached hydrogens (primary N) is 1. The highest BCUT2D eigenvalue weighted by Gasteiger charge is 2.18. The first-order chi connectivity index (χ1) is 11.1. The van der Waals surface area contributed by atoms with Crippen LogP contribution >= 0.6 is 0 Å². The largest absolute Gasteiger partial charge is 0.354 e. The van der Waals surface area contributed by atoms with Crippen molar-refractivity contribution >= 4 is 5.82 Å². The smallest absolute Gasteiger partial charge is 0.132 e. The molecule has 0 atom stereocenters. The van der Waals surface area contributed by atoms with E-state index in [4.69, 9.17) is 5.73 Å². The topological polar surface area (TPSA) is 58.3 Å². The molecule has 1 aliphatic rings. The van der Waals surface area contributed by atoms with Crippen molar-refractivity contribution in [1.82, 2.24) is 14.9 Å². The molecule has 3 rings (SSSR count). The lowest BCUT2D eigenvalue weighted by molar-refractivity contribution is 0.249. The van der Waals surface area contributed by atoms with Gasteiger partial charge >= 0.3 is 0 Å². The molecule has 1 fully saturated rings. The van der Waals surface area contributed by atoms with Gasteiger partial charge in [0.15, 0.2) is 0 Å². The van der Waals surface area contributed by atoms with Gasteiger partial charge in [-0.05, 0) is 25.0 Å². The van der Waals surface area contributed by atoms with Crippen molar-refractivity contribution in [3.8, 4) is 0 Å². The third-order valence-electron chi connectivity index (χ3n) is 4.31. The van der Waals surface area contributed by atoms with Crippen molar-refractivity contribution in [3.63, 3.8) is 0 Å². The van der Waals surface area contributed by atoms with Gasteiger partial charge in [0.2, 0.25) is 0 Å². The Morgan fingerprint density at radius 1 is 0.957 bits per heavy atom. The molecule has 0 spiro atoms. The predicted octanol–water partition coefficient (Wildman–Crippen LogP) is 1.87. The van der Waals surface area contributed by atoms with E-state index in [0.29, 0.717) is 6.54 Å². The lowest BCUT2D eigenvalue weighted by Crippen LogP contribution is -2.46. The molecule has 1 aliphatic heterocycles. The van der Waals surface area contributed by atoms with Crippen LogP contribution in [0.25, 0.3) is 0 Å². The highest BCUT2D eigenvalue weighted by Crippen LogP contribution is 2.16. The van der Waals surface area contributed by atoms with Crippen molar-refractivity contribution in [2.75, 3.05) is 31.1 Å². The molecule has 2 aromatic rings. The van der Waals surface area contributed by atoms with Gasteiger partial charge in [0.1, 0.15) is 11.6 Å². The Morgan fingerprint density at radius 2 is 1.61 bits per heavy atom. The van der Waals surface area contributed by atoms with E-state index in [1.807, 2.05) is 13.8 Å². The molecule has 0 aliphatic carbocycles. The first kappa shape index (κ1) is 15.9. The maximum atomic E-state index is 5.65. The maximum absolute atomic E-state index is 5.65. The Balaban J connectivity index is 1.57. The number of aromatic nitrogens is 2. The molecule has 2 heterocycles. The zero-order valence-electron chi connectivity index (χ0n) is 14.0. The van der Waals surface area contributed by atoms with Crippen molar-refractivity contribution in [2.45, 2.75) is 26.9 Å². The van der Waals surface area contributed by atoms with Crippen molar-refractivity contribution in [2.24, 2.45) is 5.73 Å². The van der Waals surface area contributed by atoms with Gasteiger partial charge in [-0.25, -0.2) is 9.97 Å². The lowest BCUT2D eigenvalue weighted by atomic mass is 10.1. The Kier molecular flexibility index (Phi) is 4.88. The van der Waals surface area contributed by atoms with Crippen molar-refractivity contribution in [3.05, 3.63) is 53.0 Å². The summed E-state index contributed by atoms with van der Waals surface area (Å²) >= 11 is 0. The molecular weight excluding hydrogens is 286 g/mol. The van der Waals surface area contributed by atoms with Crippen LogP contribution in [0.3, 0.4) is 0 Å². The summed E-state index contributed by atoms with van der Waals surface area (Å²) in [7, 11) is 0. The fraction of sp³-hybridized carbons (Fsp3) is 0.444. The molecule has 0 radical (unpaired) electrons. The SMILES string of the molecule is Cc1cc(N2CCN(Cc3ccc(CN)cc3)CC2)nc(C)n1. The van der Waals surface area contributed by atoms with Gasteiger partial charge in [-0.1, -0.05) is 24.3 Å². The van der Waals surface area contributed by atoms with E-state index < -0.39 is 0 Å².